The van der Waals surface area contributed by atoms with Crippen LogP contribution in [0.25, 0.3) is 49.1 Å². The van der Waals surface area contributed by atoms with Crippen LogP contribution in [0.2, 0.25) is 0 Å². The van der Waals surface area contributed by atoms with Crippen molar-refractivity contribution in [1.29, 1.82) is 0 Å². The molecule has 5 heteroatoms. The SMILES string of the molecule is CC1(C)OB(c2ccc3c(c2)c2c4ccccc4ccc2c2nc4ccccc4n32)OC1(C)C. The van der Waals surface area contributed by atoms with E-state index in [0.717, 1.165) is 33.0 Å². The maximum Gasteiger partial charge on any atom is 0.494 e. The number of hydrogen-bond donors (Lipinski definition) is 0. The van der Waals surface area contributed by atoms with Gasteiger partial charge in [0, 0.05) is 16.2 Å². The molecule has 0 bridgehead atoms. The van der Waals surface area contributed by atoms with E-state index in [4.69, 9.17) is 14.3 Å². The van der Waals surface area contributed by atoms with Crippen molar-refractivity contribution in [2.45, 2.75) is 38.9 Å². The van der Waals surface area contributed by atoms with Crippen molar-refractivity contribution in [2.24, 2.45) is 0 Å². The molecule has 4 nitrogen and oxygen atoms in total. The van der Waals surface area contributed by atoms with Gasteiger partial charge in [-0.25, -0.2) is 4.98 Å². The van der Waals surface area contributed by atoms with Crippen LogP contribution in [0.4, 0.5) is 0 Å². The third-order valence-electron chi connectivity index (χ3n) is 7.79. The second kappa shape index (κ2) is 6.59. The highest BCUT2D eigenvalue weighted by atomic mass is 16.7. The van der Waals surface area contributed by atoms with E-state index in [-0.39, 0.29) is 11.2 Å². The normalized spacial score (nSPS) is 17.6. The largest absolute Gasteiger partial charge is 0.494 e. The molecule has 2 aromatic heterocycles. The summed E-state index contributed by atoms with van der Waals surface area (Å²) in [4.78, 5) is 5.05. The molecule has 0 atom stereocenters. The van der Waals surface area contributed by atoms with Crippen molar-refractivity contribution >= 4 is 61.7 Å². The van der Waals surface area contributed by atoms with Crippen LogP contribution >= 0.6 is 0 Å². The van der Waals surface area contributed by atoms with Gasteiger partial charge in [-0.3, -0.25) is 4.40 Å². The summed E-state index contributed by atoms with van der Waals surface area (Å²) in [5.41, 5.74) is 4.49. The number of imidazole rings is 1. The predicted octanol–water partition coefficient (Wildman–Crippen LogP) is 6.25. The van der Waals surface area contributed by atoms with Crippen LogP contribution in [0.5, 0.6) is 0 Å². The first-order valence-electron chi connectivity index (χ1n) is 11.8. The van der Waals surface area contributed by atoms with Crippen LogP contribution in [0.1, 0.15) is 27.7 Å². The Kier molecular flexibility index (Phi) is 3.88. The molecular formula is C29H25BN2O2. The Morgan fingerprint density at radius 3 is 2.26 bits per heavy atom. The fourth-order valence-corrected chi connectivity index (χ4v) is 5.27. The Bertz CT molecular complexity index is 1770. The zero-order chi connectivity index (χ0) is 23.2. The van der Waals surface area contributed by atoms with Crippen molar-refractivity contribution < 1.29 is 9.31 Å². The van der Waals surface area contributed by atoms with Gasteiger partial charge < -0.3 is 9.31 Å². The summed E-state index contributed by atoms with van der Waals surface area (Å²) in [5.74, 6) is 0. The molecule has 0 aliphatic carbocycles. The van der Waals surface area contributed by atoms with Crippen LogP contribution in [0.15, 0.2) is 78.9 Å². The van der Waals surface area contributed by atoms with Crippen molar-refractivity contribution in [3.63, 3.8) is 0 Å². The van der Waals surface area contributed by atoms with Crippen LogP contribution < -0.4 is 5.46 Å². The first-order valence-corrected chi connectivity index (χ1v) is 11.8. The molecule has 4 aromatic carbocycles. The minimum atomic E-state index is -0.408. The molecule has 0 amide bonds. The minimum absolute atomic E-state index is 0.383. The average Bonchev–Trinajstić information content (AvgIpc) is 3.32. The number of nitrogens with zero attached hydrogens (tertiary/aromatic N) is 2. The molecule has 3 heterocycles. The fourth-order valence-electron chi connectivity index (χ4n) is 5.27. The van der Waals surface area contributed by atoms with Crippen LogP contribution in [-0.4, -0.2) is 27.7 Å². The molecule has 1 saturated heterocycles. The number of rotatable bonds is 1. The Hall–Kier alpha value is -3.41. The Morgan fingerprint density at radius 2 is 1.44 bits per heavy atom. The van der Waals surface area contributed by atoms with Gasteiger partial charge in [-0.05, 0) is 68.2 Å². The van der Waals surface area contributed by atoms with Crippen molar-refractivity contribution in [1.82, 2.24) is 9.38 Å². The van der Waals surface area contributed by atoms with Gasteiger partial charge in [0.05, 0.1) is 27.8 Å². The maximum absolute atomic E-state index is 6.40. The highest BCUT2D eigenvalue weighted by Gasteiger charge is 2.51. The molecule has 1 aliphatic rings. The molecule has 34 heavy (non-hydrogen) atoms. The lowest BCUT2D eigenvalue weighted by Crippen LogP contribution is -2.41. The monoisotopic (exact) mass is 444 g/mol. The smallest absolute Gasteiger partial charge is 0.399 e. The molecule has 166 valence electrons. The second-order valence-electron chi connectivity index (χ2n) is 10.3. The van der Waals surface area contributed by atoms with E-state index in [0.29, 0.717) is 0 Å². The van der Waals surface area contributed by atoms with E-state index in [2.05, 4.69) is 105 Å². The lowest BCUT2D eigenvalue weighted by Gasteiger charge is -2.32. The van der Waals surface area contributed by atoms with Crippen LogP contribution in [-0.2, 0) is 9.31 Å². The minimum Gasteiger partial charge on any atom is -0.399 e. The topological polar surface area (TPSA) is 35.8 Å². The summed E-state index contributed by atoms with van der Waals surface area (Å²) in [6.07, 6.45) is 0. The molecule has 0 unspecified atom stereocenters. The predicted molar refractivity (Wildman–Crippen MR) is 141 cm³/mol. The Balaban J connectivity index is 1.63. The number of benzene rings is 4. The van der Waals surface area contributed by atoms with Gasteiger partial charge in [0.1, 0.15) is 5.65 Å². The number of fused-ring (bicyclic) bond motifs is 10. The third-order valence-corrected chi connectivity index (χ3v) is 7.79. The van der Waals surface area contributed by atoms with E-state index in [1.54, 1.807) is 0 Å². The fraction of sp³-hybridized carbons (Fsp3) is 0.207. The van der Waals surface area contributed by atoms with Crippen molar-refractivity contribution in [3.8, 4) is 0 Å². The number of hydrogen-bond acceptors (Lipinski definition) is 3. The lowest BCUT2D eigenvalue weighted by atomic mass is 9.78. The average molecular weight is 444 g/mol. The number of pyridine rings is 1. The Labute approximate surface area is 198 Å². The van der Waals surface area contributed by atoms with Gasteiger partial charge in [0.25, 0.3) is 0 Å². The van der Waals surface area contributed by atoms with Gasteiger partial charge in [0.15, 0.2) is 0 Å². The van der Waals surface area contributed by atoms with Gasteiger partial charge in [0.2, 0.25) is 0 Å². The molecule has 1 aliphatic heterocycles. The Morgan fingerprint density at radius 1 is 0.706 bits per heavy atom. The molecule has 0 saturated carbocycles. The second-order valence-corrected chi connectivity index (χ2v) is 10.3. The van der Waals surface area contributed by atoms with E-state index < -0.39 is 7.12 Å². The highest BCUT2D eigenvalue weighted by Crippen LogP contribution is 2.39. The van der Waals surface area contributed by atoms with E-state index in [1.165, 1.54) is 21.5 Å². The maximum atomic E-state index is 6.40. The van der Waals surface area contributed by atoms with Gasteiger partial charge >= 0.3 is 7.12 Å². The number of para-hydroxylation sites is 2. The van der Waals surface area contributed by atoms with Gasteiger partial charge in [-0.2, -0.15) is 0 Å². The van der Waals surface area contributed by atoms with Gasteiger partial charge in [-0.15, -0.1) is 0 Å². The standard InChI is InChI=1S/C29H25BN2O2/c1-28(2)29(3,4)34-30(33-28)19-14-16-24-22(17-19)26-20-10-6-5-9-18(20)13-15-21(26)27-31-23-11-7-8-12-25(23)32(24)27/h5-17H,1-4H3. The van der Waals surface area contributed by atoms with E-state index >= 15 is 0 Å². The number of aromatic nitrogens is 2. The first kappa shape index (κ1) is 20.0. The van der Waals surface area contributed by atoms with E-state index in [9.17, 15) is 0 Å². The summed E-state index contributed by atoms with van der Waals surface area (Å²) in [6.45, 7) is 8.38. The molecule has 7 rings (SSSR count). The molecule has 6 aromatic rings. The summed E-state index contributed by atoms with van der Waals surface area (Å²) in [7, 11) is -0.408. The highest BCUT2D eigenvalue weighted by molar-refractivity contribution is 6.62. The third kappa shape index (κ3) is 2.60. The zero-order valence-corrected chi connectivity index (χ0v) is 19.8. The van der Waals surface area contributed by atoms with Crippen LogP contribution in [0, 0.1) is 0 Å². The lowest BCUT2D eigenvalue weighted by molar-refractivity contribution is 0.00578. The summed E-state index contributed by atoms with van der Waals surface area (Å²) >= 11 is 0. The zero-order valence-electron chi connectivity index (χ0n) is 19.8. The first-order chi connectivity index (χ1) is 16.3. The van der Waals surface area contributed by atoms with Gasteiger partial charge in [-0.1, -0.05) is 54.6 Å². The molecule has 1 fully saturated rings. The molecule has 0 N–H and O–H groups in total. The summed E-state index contributed by atoms with van der Waals surface area (Å²) < 4.78 is 15.1. The van der Waals surface area contributed by atoms with Crippen molar-refractivity contribution in [2.75, 3.05) is 0 Å². The quantitative estimate of drug-likeness (QED) is 0.222. The summed E-state index contributed by atoms with van der Waals surface area (Å²) in [5, 5.41) is 5.99. The molecular weight excluding hydrogens is 419 g/mol. The molecule has 0 radical (unpaired) electrons. The van der Waals surface area contributed by atoms with Crippen molar-refractivity contribution in [3.05, 3.63) is 78.9 Å². The van der Waals surface area contributed by atoms with Crippen LogP contribution in [0.3, 0.4) is 0 Å². The molecule has 0 spiro atoms. The van der Waals surface area contributed by atoms with E-state index in [1.807, 2.05) is 6.07 Å². The summed E-state index contributed by atoms with van der Waals surface area (Å²) in [6, 6.07) is 27.9.